The Bertz CT molecular complexity index is 1580. The molecule has 12 heteroatoms. The number of benzene rings is 2. The average Bonchev–Trinajstić information content (AvgIpc) is 3.28. The SMILES string of the molecule is NC(=O)c1[nH]c2ccc(Cl)cc2c1S(=O)(=O)N1CCOC(COc2ccc(-c3ccnc(F)c3)cc2)C1. The summed E-state index contributed by atoms with van der Waals surface area (Å²) in [6, 6.07) is 14.8. The number of pyridine rings is 1. The molecule has 0 spiro atoms. The molecule has 4 aromatic rings. The molecule has 1 atom stereocenters. The highest BCUT2D eigenvalue weighted by Gasteiger charge is 2.36. The Labute approximate surface area is 217 Å². The molecule has 2 aromatic heterocycles. The molecule has 9 nitrogen and oxygen atoms in total. The number of halogens is 2. The first kappa shape index (κ1) is 25.2. The van der Waals surface area contributed by atoms with Crippen LogP contribution >= 0.6 is 11.6 Å². The molecule has 0 bridgehead atoms. The summed E-state index contributed by atoms with van der Waals surface area (Å²) in [7, 11) is -4.12. The zero-order valence-corrected chi connectivity index (χ0v) is 20.9. The quantitative estimate of drug-likeness (QED) is 0.342. The second-order valence-electron chi connectivity index (χ2n) is 8.44. The smallest absolute Gasteiger partial charge is 0.266 e. The third kappa shape index (κ3) is 5.16. The summed E-state index contributed by atoms with van der Waals surface area (Å²) in [5, 5.41) is 0.613. The second-order valence-corrected chi connectivity index (χ2v) is 10.8. The van der Waals surface area contributed by atoms with Gasteiger partial charge >= 0.3 is 0 Å². The Balaban J connectivity index is 1.31. The van der Waals surface area contributed by atoms with Crippen molar-refractivity contribution < 1.29 is 27.1 Å². The molecule has 3 N–H and O–H groups in total. The van der Waals surface area contributed by atoms with Gasteiger partial charge in [0.2, 0.25) is 16.0 Å². The highest BCUT2D eigenvalue weighted by molar-refractivity contribution is 7.89. The summed E-state index contributed by atoms with van der Waals surface area (Å²) >= 11 is 6.09. The average molecular weight is 545 g/mol. The molecule has 1 fully saturated rings. The van der Waals surface area contributed by atoms with Crippen molar-refractivity contribution in [2.75, 3.05) is 26.3 Å². The van der Waals surface area contributed by atoms with Gasteiger partial charge in [-0.2, -0.15) is 8.70 Å². The van der Waals surface area contributed by atoms with E-state index < -0.39 is 28.0 Å². The van der Waals surface area contributed by atoms with E-state index in [9.17, 15) is 17.6 Å². The maximum Gasteiger partial charge on any atom is 0.266 e. The van der Waals surface area contributed by atoms with Gasteiger partial charge < -0.3 is 20.2 Å². The fourth-order valence-corrected chi connectivity index (χ4v) is 6.20. The highest BCUT2D eigenvalue weighted by Crippen LogP contribution is 2.32. The number of carbonyl (C=O) groups is 1. The number of morpholine rings is 1. The summed E-state index contributed by atoms with van der Waals surface area (Å²) in [5.41, 5.74) is 7.19. The molecule has 0 radical (unpaired) electrons. The molecule has 0 aliphatic carbocycles. The summed E-state index contributed by atoms with van der Waals surface area (Å²) in [4.78, 5) is 18.2. The fourth-order valence-electron chi connectivity index (χ4n) is 4.24. The van der Waals surface area contributed by atoms with E-state index in [4.69, 9.17) is 26.8 Å². The molecule has 37 heavy (non-hydrogen) atoms. The lowest BCUT2D eigenvalue weighted by molar-refractivity contribution is -0.0249. The minimum atomic E-state index is -4.12. The van der Waals surface area contributed by atoms with Crippen LogP contribution in [-0.4, -0.2) is 61.0 Å². The Morgan fingerprint density at radius 2 is 1.97 bits per heavy atom. The van der Waals surface area contributed by atoms with Gasteiger partial charge in [0.05, 0.1) is 6.61 Å². The third-order valence-corrected chi connectivity index (χ3v) is 8.20. The number of primary amides is 1. The van der Waals surface area contributed by atoms with Crippen LogP contribution in [0, 0.1) is 5.95 Å². The Morgan fingerprint density at radius 3 is 2.70 bits per heavy atom. The number of sulfonamides is 1. The molecular weight excluding hydrogens is 523 g/mol. The number of rotatable bonds is 7. The monoisotopic (exact) mass is 544 g/mol. The molecule has 5 rings (SSSR count). The highest BCUT2D eigenvalue weighted by atomic mass is 35.5. The van der Waals surface area contributed by atoms with Gasteiger partial charge in [-0.3, -0.25) is 4.79 Å². The van der Waals surface area contributed by atoms with Crippen LogP contribution in [-0.2, 0) is 14.8 Å². The predicted octanol–water partition coefficient (Wildman–Crippen LogP) is 3.59. The number of hydrogen-bond acceptors (Lipinski definition) is 6. The van der Waals surface area contributed by atoms with Crippen molar-refractivity contribution in [1.82, 2.24) is 14.3 Å². The van der Waals surface area contributed by atoms with E-state index in [1.807, 2.05) is 0 Å². The van der Waals surface area contributed by atoms with E-state index in [0.717, 1.165) is 5.56 Å². The van der Waals surface area contributed by atoms with Crippen LogP contribution in [0.5, 0.6) is 5.75 Å². The normalized spacial score (nSPS) is 16.6. The zero-order chi connectivity index (χ0) is 26.2. The van der Waals surface area contributed by atoms with Crippen LogP contribution in [0.1, 0.15) is 10.5 Å². The Morgan fingerprint density at radius 1 is 1.19 bits per heavy atom. The lowest BCUT2D eigenvalue weighted by atomic mass is 10.1. The molecule has 2 aromatic carbocycles. The van der Waals surface area contributed by atoms with Crippen molar-refractivity contribution >= 4 is 38.4 Å². The van der Waals surface area contributed by atoms with Gasteiger partial charge in [0.1, 0.15) is 29.0 Å². The van der Waals surface area contributed by atoms with Crippen molar-refractivity contribution in [3.05, 3.63) is 77.5 Å². The number of nitrogens with one attached hydrogen (secondary N) is 1. The molecule has 0 saturated carbocycles. The van der Waals surface area contributed by atoms with Crippen LogP contribution in [0.25, 0.3) is 22.0 Å². The lowest BCUT2D eigenvalue weighted by Crippen LogP contribution is -2.47. The number of H-pyrrole nitrogens is 1. The second kappa shape index (κ2) is 10.1. The summed E-state index contributed by atoms with van der Waals surface area (Å²) < 4.78 is 53.5. The van der Waals surface area contributed by atoms with Crippen LogP contribution in [0.2, 0.25) is 5.02 Å². The van der Waals surface area contributed by atoms with Gasteiger partial charge in [-0.1, -0.05) is 23.7 Å². The molecule has 1 aliphatic rings. The van der Waals surface area contributed by atoms with E-state index in [1.165, 1.54) is 22.6 Å². The number of hydrogen-bond donors (Lipinski definition) is 2. The van der Waals surface area contributed by atoms with Gasteiger partial charge in [-0.15, -0.1) is 0 Å². The molecule has 1 amide bonds. The van der Waals surface area contributed by atoms with Gasteiger partial charge in [-0.05, 0) is 47.5 Å². The number of amides is 1. The predicted molar refractivity (Wildman–Crippen MR) is 135 cm³/mol. The molecule has 1 aliphatic heterocycles. The maximum atomic E-state index is 13.6. The van der Waals surface area contributed by atoms with Crippen LogP contribution in [0.15, 0.2) is 65.7 Å². The van der Waals surface area contributed by atoms with Gasteiger partial charge in [0.25, 0.3) is 5.91 Å². The van der Waals surface area contributed by atoms with E-state index in [2.05, 4.69) is 9.97 Å². The maximum absolute atomic E-state index is 13.6. The van der Waals surface area contributed by atoms with Gasteiger partial charge in [-0.25, -0.2) is 13.4 Å². The molecule has 1 saturated heterocycles. The minimum Gasteiger partial charge on any atom is -0.491 e. The number of aromatic nitrogens is 2. The summed E-state index contributed by atoms with van der Waals surface area (Å²) in [6.45, 7) is 0.357. The number of nitrogens with zero attached hydrogens (tertiary/aromatic N) is 2. The minimum absolute atomic E-state index is 0.0160. The first-order chi connectivity index (χ1) is 17.7. The lowest BCUT2D eigenvalue weighted by Gasteiger charge is -2.32. The van der Waals surface area contributed by atoms with E-state index in [-0.39, 0.29) is 42.3 Å². The number of carbonyl (C=O) groups excluding carboxylic acids is 1. The van der Waals surface area contributed by atoms with E-state index >= 15 is 0 Å². The summed E-state index contributed by atoms with van der Waals surface area (Å²) in [5.74, 6) is -0.911. The van der Waals surface area contributed by atoms with E-state index in [0.29, 0.717) is 21.9 Å². The molecule has 192 valence electrons. The van der Waals surface area contributed by atoms with Crippen molar-refractivity contribution in [2.45, 2.75) is 11.0 Å². The van der Waals surface area contributed by atoms with Crippen molar-refractivity contribution in [1.29, 1.82) is 0 Å². The van der Waals surface area contributed by atoms with E-state index in [1.54, 1.807) is 42.5 Å². The number of ether oxygens (including phenoxy) is 2. The summed E-state index contributed by atoms with van der Waals surface area (Å²) in [6.07, 6.45) is 0.843. The van der Waals surface area contributed by atoms with Crippen LogP contribution < -0.4 is 10.5 Å². The first-order valence-electron chi connectivity index (χ1n) is 11.3. The topological polar surface area (TPSA) is 128 Å². The molecule has 3 heterocycles. The van der Waals surface area contributed by atoms with Crippen molar-refractivity contribution in [2.24, 2.45) is 5.73 Å². The largest absolute Gasteiger partial charge is 0.491 e. The fraction of sp³-hybridized carbons (Fsp3) is 0.200. The van der Waals surface area contributed by atoms with Crippen molar-refractivity contribution in [3.63, 3.8) is 0 Å². The Hall–Kier alpha value is -3.51. The third-order valence-electron chi connectivity index (χ3n) is 6.01. The van der Waals surface area contributed by atoms with Gasteiger partial charge in [0, 0.05) is 41.3 Å². The van der Waals surface area contributed by atoms with Crippen LogP contribution in [0.3, 0.4) is 0 Å². The van der Waals surface area contributed by atoms with Gasteiger partial charge in [0.15, 0.2) is 0 Å². The number of fused-ring (bicyclic) bond motifs is 1. The first-order valence-corrected chi connectivity index (χ1v) is 13.1. The van der Waals surface area contributed by atoms with Crippen LogP contribution in [0.4, 0.5) is 4.39 Å². The number of aromatic amines is 1. The standard InChI is InChI=1S/C25H22ClFN4O5S/c26-17-3-6-21-20(12-17)24(23(30-21)25(28)32)37(33,34)31-9-10-35-19(13-31)14-36-18-4-1-15(2-5-18)16-7-8-29-22(27)11-16/h1-8,11-12,19,30H,9-10,13-14H2,(H2,28,32). The molecule has 1 unspecified atom stereocenters. The zero-order valence-electron chi connectivity index (χ0n) is 19.4. The number of nitrogens with two attached hydrogens (primary N) is 1. The molecular formula is C25H22ClFN4O5S. The van der Waals surface area contributed by atoms with Crippen molar-refractivity contribution in [3.8, 4) is 16.9 Å². The Kier molecular flexibility index (Phi) is 6.86.